The Morgan fingerprint density at radius 1 is 0.630 bits per heavy atom. The number of allylic oxidation sites excluding steroid dienone is 2. The zero-order valence-electron chi connectivity index (χ0n) is 18.5. The van der Waals surface area contributed by atoms with Crippen molar-refractivity contribution in [2.75, 3.05) is 27.2 Å². The van der Waals surface area contributed by atoms with Crippen molar-refractivity contribution in [1.29, 1.82) is 0 Å². The van der Waals surface area contributed by atoms with Crippen molar-refractivity contribution in [2.24, 2.45) is 0 Å². The second kappa shape index (κ2) is 25.0. The Morgan fingerprint density at radius 2 is 1.07 bits per heavy atom. The molecule has 0 aromatic rings. The van der Waals surface area contributed by atoms with E-state index in [4.69, 9.17) is 0 Å². The molecule has 0 aliphatic carbocycles. The van der Waals surface area contributed by atoms with E-state index >= 15 is 0 Å². The van der Waals surface area contributed by atoms with E-state index in [1.165, 1.54) is 103 Å². The number of unbranched alkanes of at least 4 members (excludes halogenated alkanes) is 12. The number of halogens is 1. The molecule has 0 amide bonds. The Morgan fingerprint density at radius 3 is 1.56 bits per heavy atom. The molecule has 0 fully saturated rings. The van der Waals surface area contributed by atoms with Gasteiger partial charge < -0.3 is 0 Å². The first kappa shape index (κ1) is 32.6. The fraction of sp³-hybridized carbons (Fsp3) is 0.913. The fourth-order valence-electron chi connectivity index (χ4n) is 3.39. The van der Waals surface area contributed by atoms with E-state index in [2.05, 4.69) is 45.5 Å². The first-order chi connectivity index (χ1) is 12.1. The van der Waals surface area contributed by atoms with E-state index in [0.717, 1.165) is 11.1 Å². The third-order valence-corrected chi connectivity index (χ3v) is 5.01. The number of hydrogen-bond acceptors (Lipinski definition) is 1. The minimum absolute atomic E-state index is 0. The van der Waals surface area contributed by atoms with Crippen molar-refractivity contribution in [3.8, 4) is 0 Å². The Hall–Kier alpha value is 0.950. The van der Waals surface area contributed by atoms with Crippen LogP contribution in [0.15, 0.2) is 12.2 Å². The van der Waals surface area contributed by atoms with Gasteiger partial charge in [-0.25, -0.2) is 0 Å². The quantitative estimate of drug-likeness (QED) is 0.0807. The second-order valence-electron chi connectivity index (χ2n) is 8.25. The third-order valence-electron chi connectivity index (χ3n) is 5.01. The molecule has 2 nitrogen and oxygen atoms in total. The summed E-state index contributed by atoms with van der Waals surface area (Å²) in [5.74, 6) is 0. The number of rotatable bonds is 19. The molecular formula is C23H51ClN2Na+. The molecule has 0 radical (unpaired) electrons. The first-order valence-electron chi connectivity index (χ1n) is 11.4. The van der Waals surface area contributed by atoms with E-state index in [-0.39, 0.29) is 42.0 Å². The summed E-state index contributed by atoms with van der Waals surface area (Å²) >= 11 is 0. The second-order valence-corrected chi connectivity index (χ2v) is 8.25. The van der Waals surface area contributed by atoms with Gasteiger partial charge in [0.25, 0.3) is 0 Å². The molecule has 0 rings (SSSR count). The van der Waals surface area contributed by atoms with Crippen LogP contribution >= 0.6 is 12.4 Å². The van der Waals surface area contributed by atoms with Crippen LogP contribution in [0.3, 0.4) is 0 Å². The van der Waals surface area contributed by atoms with Crippen LogP contribution in [0.4, 0.5) is 0 Å². The molecule has 0 aliphatic heterocycles. The Balaban J connectivity index is -0.00000288. The molecule has 4 heteroatoms. The van der Waals surface area contributed by atoms with Gasteiger partial charge in [-0.15, -0.1) is 12.4 Å². The van der Waals surface area contributed by atoms with Crippen molar-refractivity contribution >= 4 is 42.0 Å². The molecule has 160 valence electrons. The maximum atomic E-state index is 3.64. The first-order valence-corrected chi connectivity index (χ1v) is 11.4. The number of quaternary nitrogens is 1. The van der Waals surface area contributed by atoms with Crippen LogP contribution in [0, 0.1) is 0 Å². The molecule has 1 N–H and O–H groups in total. The van der Waals surface area contributed by atoms with Crippen LogP contribution in [0.2, 0.25) is 0 Å². The maximum absolute atomic E-state index is 3.64. The van der Waals surface area contributed by atoms with Gasteiger partial charge in [0.05, 0.1) is 20.6 Å². The number of nitrogens with zero attached hydrogens (tertiary/aromatic N) is 1. The van der Waals surface area contributed by atoms with Crippen molar-refractivity contribution in [2.45, 2.75) is 110 Å². The predicted molar refractivity (Wildman–Crippen MR) is 129 cm³/mol. The zero-order chi connectivity index (χ0) is 18.6. The van der Waals surface area contributed by atoms with Gasteiger partial charge >= 0.3 is 29.6 Å². The van der Waals surface area contributed by atoms with Crippen molar-refractivity contribution in [1.82, 2.24) is 5.43 Å². The Labute approximate surface area is 200 Å². The molecule has 0 aliphatic rings. The summed E-state index contributed by atoms with van der Waals surface area (Å²) in [6.07, 6.45) is 25.5. The zero-order valence-corrected chi connectivity index (χ0v) is 19.3. The van der Waals surface area contributed by atoms with Crippen molar-refractivity contribution < 1.29 is 4.59 Å². The third kappa shape index (κ3) is 26.9. The van der Waals surface area contributed by atoms with Crippen LogP contribution < -0.4 is 5.43 Å². The summed E-state index contributed by atoms with van der Waals surface area (Å²) in [6.45, 7) is 6.92. The summed E-state index contributed by atoms with van der Waals surface area (Å²) in [6, 6.07) is 0. The number of nitrogens with one attached hydrogen (secondary N) is 1. The van der Waals surface area contributed by atoms with E-state index in [0.29, 0.717) is 0 Å². The van der Waals surface area contributed by atoms with Crippen LogP contribution in [0.25, 0.3) is 0 Å². The fourth-order valence-corrected chi connectivity index (χ4v) is 3.39. The van der Waals surface area contributed by atoms with E-state index in [9.17, 15) is 0 Å². The summed E-state index contributed by atoms with van der Waals surface area (Å²) in [4.78, 5) is 0. The van der Waals surface area contributed by atoms with E-state index in [1.54, 1.807) is 0 Å². The summed E-state index contributed by atoms with van der Waals surface area (Å²) < 4.78 is 0.960. The van der Waals surface area contributed by atoms with Gasteiger partial charge in [0.1, 0.15) is 0 Å². The summed E-state index contributed by atoms with van der Waals surface area (Å²) in [7, 11) is 4.53. The van der Waals surface area contributed by atoms with Crippen molar-refractivity contribution in [3.63, 3.8) is 0 Å². The average molecular weight is 414 g/mol. The molecule has 27 heavy (non-hydrogen) atoms. The van der Waals surface area contributed by atoms with Gasteiger partial charge in [0, 0.05) is 6.54 Å². The molecular weight excluding hydrogens is 363 g/mol. The van der Waals surface area contributed by atoms with Gasteiger partial charge in [0.2, 0.25) is 0 Å². The Bertz CT molecular complexity index is 296. The Kier molecular flexibility index (Phi) is 30.2. The monoisotopic (exact) mass is 413 g/mol. The SMILES string of the molecule is CCCCCCCC/C=C\CCCCCCCCN[N+](C)(C)CCC.Cl.[NaH]. The summed E-state index contributed by atoms with van der Waals surface area (Å²) in [5, 5.41) is 0. The molecule has 0 bridgehead atoms. The van der Waals surface area contributed by atoms with Crippen LogP contribution in [0.5, 0.6) is 0 Å². The van der Waals surface area contributed by atoms with Gasteiger partial charge in [-0.2, -0.15) is 5.43 Å². The molecule has 0 unspecified atom stereocenters. The van der Waals surface area contributed by atoms with Gasteiger partial charge in [-0.3, -0.25) is 4.59 Å². The summed E-state index contributed by atoms with van der Waals surface area (Å²) in [5.41, 5.74) is 3.64. The molecule has 0 saturated heterocycles. The van der Waals surface area contributed by atoms with Crippen LogP contribution in [0.1, 0.15) is 110 Å². The topological polar surface area (TPSA) is 12.0 Å². The predicted octanol–water partition coefficient (Wildman–Crippen LogP) is 6.79. The molecule has 0 spiro atoms. The van der Waals surface area contributed by atoms with Gasteiger partial charge in [-0.1, -0.05) is 83.8 Å². The average Bonchev–Trinajstić information content (AvgIpc) is 2.57. The minimum atomic E-state index is 0. The standard InChI is InChI=1S/C23H49N2.ClH.Na.H/c1-5-7-8-9-10-11-12-13-14-15-16-17-18-19-20-21-22-24-25(3,4)23-6-2;;;/h13-14,24H,5-12,15-23H2,1-4H3;1H;;/q+1;;;/b14-13-;;;. The molecule has 0 aromatic carbocycles. The number of hydrogen-bond donors (Lipinski definition) is 1. The molecule has 0 heterocycles. The van der Waals surface area contributed by atoms with E-state index < -0.39 is 0 Å². The van der Waals surface area contributed by atoms with Gasteiger partial charge in [-0.05, 0) is 38.5 Å². The van der Waals surface area contributed by atoms with Gasteiger partial charge in [0.15, 0.2) is 0 Å². The molecule has 0 saturated carbocycles. The van der Waals surface area contributed by atoms with Crippen LogP contribution in [-0.4, -0.2) is 61.3 Å². The molecule has 0 aromatic heterocycles. The van der Waals surface area contributed by atoms with E-state index in [1.807, 2.05) is 0 Å². The van der Waals surface area contributed by atoms with Crippen molar-refractivity contribution in [3.05, 3.63) is 12.2 Å². The normalized spacial score (nSPS) is 11.4. The molecule has 0 atom stereocenters. The van der Waals surface area contributed by atoms with Crippen LogP contribution in [-0.2, 0) is 0 Å².